The zero-order chi connectivity index (χ0) is 25.1. The molecule has 5 rings (SSSR count). The highest BCUT2D eigenvalue weighted by molar-refractivity contribution is 5.96. The molecule has 0 bridgehead atoms. The lowest BCUT2D eigenvalue weighted by Crippen LogP contribution is -2.24. The van der Waals surface area contributed by atoms with E-state index in [0.717, 1.165) is 36.8 Å². The predicted molar refractivity (Wildman–Crippen MR) is 137 cm³/mol. The quantitative estimate of drug-likeness (QED) is 0.329. The SMILES string of the molecule is COC(=O)c1cccc(C(=O)Oc2c(C)cc3c(c2C)C2(CCc4cc(C)c(C)c(C)c42)CC3)c1. The van der Waals surface area contributed by atoms with Gasteiger partial charge in [-0.05, 0) is 129 Å². The van der Waals surface area contributed by atoms with E-state index < -0.39 is 11.9 Å². The van der Waals surface area contributed by atoms with Crippen molar-refractivity contribution in [2.75, 3.05) is 7.11 Å². The maximum atomic E-state index is 13.2. The molecule has 180 valence electrons. The van der Waals surface area contributed by atoms with Gasteiger partial charge in [0.05, 0.1) is 18.2 Å². The minimum Gasteiger partial charge on any atom is -0.465 e. The summed E-state index contributed by atoms with van der Waals surface area (Å²) in [4.78, 5) is 25.1. The van der Waals surface area contributed by atoms with Crippen LogP contribution in [0.3, 0.4) is 0 Å². The van der Waals surface area contributed by atoms with Crippen LogP contribution >= 0.6 is 0 Å². The molecular formula is C31H32O4. The van der Waals surface area contributed by atoms with Crippen molar-refractivity contribution in [1.82, 2.24) is 0 Å². The van der Waals surface area contributed by atoms with Gasteiger partial charge in [0.25, 0.3) is 0 Å². The molecule has 4 heteroatoms. The van der Waals surface area contributed by atoms with E-state index in [9.17, 15) is 9.59 Å². The highest BCUT2D eigenvalue weighted by atomic mass is 16.5. The van der Waals surface area contributed by atoms with E-state index in [0.29, 0.717) is 16.9 Å². The molecule has 1 unspecified atom stereocenters. The third kappa shape index (κ3) is 3.50. The van der Waals surface area contributed by atoms with Gasteiger partial charge in [-0.3, -0.25) is 0 Å². The third-order valence-electron chi connectivity index (χ3n) is 8.34. The number of hydrogen-bond donors (Lipinski definition) is 0. The number of esters is 2. The first-order chi connectivity index (χ1) is 16.7. The number of ether oxygens (including phenoxy) is 2. The molecule has 0 saturated carbocycles. The summed E-state index contributed by atoms with van der Waals surface area (Å²) >= 11 is 0. The summed E-state index contributed by atoms with van der Waals surface area (Å²) in [6.07, 6.45) is 4.31. The second-order valence-electron chi connectivity index (χ2n) is 10.2. The highest BCUT2D eigenvalue weighted by Crippen LogP contribution is 2.56. The van der Waals surface area contributed by atoms with Crippen molar-refractivity contribution in [2.45, 2.75) is 65.7 Å². The van der Waals surface area contributed by atoms with E-state index in [2.05, 4.69) is 39.8 Å². The lowest BCUT2D eigenvalue weighted by Gasteiger charge is -2.31. The Morgan fingerprint density at radius 3 is 1.94 bits per heavy atom. The second kappa shape index (κ2) is 8.37. The zero-order valence-electron chi connectivity index (χ0n) is 21.4. The number of fused-ring (bicyclic) bond motifs is 4. The summed E-state index contributed by atoms with van der Waals surface area (Å²) in [6.45, 7) is 10.8. The first-order valence-corrected chi connectivity index (χ1v) is 12.3. The van der Waals surface area contributed by atoms with E-state index in [-0.39, 0.29) is 5.41 Å². The minimum absolute atomic E-state index is 0.0169. The Morgan fingerprint density at radius 2 is 1.31 bits per heavy atom. The van der Waals surface area contributed by atoms with Gasteiger partial charge >= 0.3 is 11.9 Å². The van der Waals surface area contributed by atoms with E-state index in [1.807, 2.05) is 6.92 Å². The molecule has 1 spiro atoms. The molecule has 35 heavy (non-hydrogen) atoms. The van der Waals surface area contributed by atoms with Gasteiger partial charge in [0.1, 0.15) is 5.75 Å². The monoisotopic (exact) mass is 468 g/mol. The minimum atomic E-state index is -0.479. The van der Waals surface area contributed by atoms with Crippen molar-refractivity contribution in [1.29, 1.82) is 0 Å². The number of rotatable bonds is 3. The van der Waals surface area contributed by atoms with Crippen LogP contribution < -0.4 is 4.74 Å². The van der Waals surface area contributed by atoms with E-state index in [1.165, 1.54) is 52.1 Å². The molecule has 0 radical (unpaired) electrons. The van der Waals surface area contributed by atoms with Crippen molar-refractivity contribution in [2.24, 2.45) is 0 Å². The van der Waals surface area contributed by atoms with Crippen LogP contribution in [0.1, 0.15) is 83.6 Å². The fourth-order valence-electron chi connectivity index (χ4n) is 6.59. The van der Waals surface area contributed by atoms with Gasteiger partial charge < -0.3 is 9.47 Å². The average Bonchev–Trinajstić information content (AvgIpc) is 3.40. The van der Waals surface area contributed by atoms with Crippen molar-refractivity contribution in [3.05, 3.63) is 97.6 Å². The molecule has 2 aliphatic rings. The zero-order valence-corrected chi connectivity index (χ0v) is 21.4. The summed E-state index contributed by atoms with van der Waals surface area (Å²) in [5.41, 5.74) is 12.5. The summed E-state index contributed by atoms with van der Waals surface area (Å²) in [7, 11) is 1.33. The number of aryl methyl sites for hydroxylation is 4. The van der Waals surface area contributed by atoms with Gasteiger partial charge in [0.2, 0.25) is 0 Å². The number of carbonyl (C=O) groups excluding carboxylic acids is 2. The number of benzene rings is 3. The molecule has 0 fully saturated rings. The smallest absolute Gasteiger partial charge is 0.343 e. The van der Waals surface area contributed by atoms with Crippen LogP contribution in [0.15, 0.2) is 36.4 Å². The van der Waals surface area contributed by atoms with E-state index >= 15 is 0 Å². The molecule has 3 aromatic rings. The lowest BCUT2D eigenvalue weighted by molar-refractivity contribution is 0.0600. The van der Waals surface area contributed by atoms with Crippen molar-refractivity contribution < 1.29 is 19.1 Å². The number of hydrogen-bond acceptors (Lipinski definition) is 4. The summed E-state index contributed by atoms with van der Waals surface area (Å²) in [6, 6.07) is 11.1. The first kappa shape index (κ1) is 23.3. The van der Waals surface area contributed by atoms with Gasteiger partial charge in [0, 0.05) is 5.41 Å². The standard InChI is InChI=1S/C31H32O4/c1-17-14-22-10-12-31(26(22)20(4)19(17)3)13-11-23-15-18(2)28(21(5)27(23)31)35-30(33)25-9-7-8-24(16-25)29(32)34-6/h7-9,14-16H,10-13H2,1-6H3. The van der Waals surface area contributed by atoms with Crippen LogP contribution in [-0.4, -0.2) is 19.0 Å². The molecule has 0 amide bonds. The van der Waals surface area contributed by atoms with Crippen molar-refractivity contribution in [3.8, 4) is 5.75 Å². The topological polar surface area (TPSA) is 52.6 Å². The van der Waals surface area contributed by atoms with Gasteiger partial charge in [-0.25, -0.2) is 9.59 Å². The summed E-state index contributed by atoms with van der Waals surface area (Å²) in [5, 5.41) is 0. The van der Waals surface area contributed by atoms with Gasteiger partial charge in [-0.15, -0.1) is 0 Å². The van der Waals surface area contributed by atoms with Crippen LogP contribution in [0.2, 0.25) is 0 Å². The number of carbonyl (C=O) groups is 2. The molecule has 0 saturated heterocycles. The van der Waals surface area contributed by atoms with Crippen LogP contribution in [0.25, 0.3) is 0 Å². The van der Waals surface area contributed by atoms with Crippen molar-refractivity contribution >= 4 is 11.9 Å². The lowest BCUT2D eigenvalue weighted by atomic mass is 9.72. The molecule has 2 aliphatic carbocycles. The molecular weight excluding hydrogens is 436 g/mol. The molecule has 0 N–H and O–H groups in total. The summed E-state index contributed by atoms with van der Waals surface area (Å²) < 4.78 is 10.8. The van der Waals surface area contributed by atoms with Crippen molar-refractivity contribution in [3.63, 3.8) is 0 Å². The third-order valence-corrected chi connectivity index (χ3v) is 8.34. The molecule has 0 aromatic heterocycles. The van der Waals surface area contributed by atoms with Crippen LogP contribution in [0.5, 0.6) is 5.75 Å². The Hall–Kier alpha value is -3.40. The average molecular weight is 469 g/mol. The normalized spacial score (nSPS) is 17.9. The number of methoxy groups -OCH3 is 1. The largest absolute Gasteiger partial charge is 0.465 e. The Labute approximate surface area is 207 Å². The fraction of sp³-hybridized carbons (Fsp3) is 0.355. The Balaban J connectivity index is 1.58. The summed E-state index contributed by atoms with van der Waals surface area (Å²) in [5.74, 6) is -0.316. The second-order valence-corrected chi connectivity index (χ2v) is 10.2. The van der Waals surface area contributed by atoms with Crippen LogP contribution in [-0.2, 0) is 23.0 Å². The van der Waals surface area contributed by atoms with E-state index in [1.54, 1.807) is 18.2 Å². The van der Waals surface area contributed by atoms with Gasteiger partial charge in [-0.2, -0.15) is 0 Å². The first-order valence-electron chi connectivity index (χ1n) is 12.3. The van der Waals surface area contributed by atoms with Crippen LogP contribution in [0, 0.1) is 34.6 Å². The maximum Gasteiger partial charge on any atom is 0.343 e. The van der Waals surface area contributed by atoms with Crippen LogP contribution in [0.4, 0.5) is 0 Å². The Bertz CT molecular complexity index is 1390. The molecule has 0 heterocycles. The Morgan fingerprint density at radius 1 is 0.743 bits per heavy atom. The molecule has 1 atom stereocenters. The molecule has 4 nitrogen and oxygen atoms in total. The van der Waals surface area contributed by atoms with Gasteiger partial charge in [0.15, 0.2) is 0 Å². The maximum absolute atomic E-state index is 13.2. The van der Waals surface area contributed by atoms with Gasteiger partial charge in [-0.1, -0.05) is 18.2 Å². The Kier molecular flexibility index (Phi) is 5.58. The highest BCUT2D eigenvalue weighted by Gasteiger charge is 2.47. The molecule has 0 aliphatic heterocycles. The predicted octanol–water partition coefficient (Wildman–Crippen LogP) is 6.41. The fourth-order valence-corrected chi connectivity index (χ4v) is 6.59. The van der Waals surface area contributed by atoms with E-state index in [4.69, 9.17) is 9.47 Å². The molecule has 3 aromatic carbocycles.